The minimum Gasteiger partial charge on any atom is -0.468 e. The quantitative estimate of drug-likeness (QED) is 0.794. The number of benzene rings is 1. The van der Waals surface area contributed by atoms with Crippen LogP contribution in [0.1, 0.15) is 18.1 Å². The second-order valence-electron chi connectivity index (χ2n) is 3.72. The lowest BCUT2D eigenvalue weighted by molar-refractivity contribution is -0.128. The molecule has 0 bridgehead atoms. The lowest BCUT2D eigenvalue weighted by Gasteiger charge is -2.00. The van der Waals surface area contributed by atoms with E-state index in [2.05, 4.69) is 9.72 Å². The van der Waals surface area contributed by atoms with E-state index in [4.69, 9.17) is 0 Å². The molecule has 1 aromatic carbocycles. The minimum atomic E-state index is -0.195. The average molecular weight is 261 g/mol. The number of pyridine rings is 1. The molecule has 100 valence electrons. The highest BCUT2D eigenvalue weighted by molar-refractivity contribution is 5.36. The van der Waals surface area contributed by atoms with Crippen molar-refractivity contribution in [3.63, 3.8) is 0 Å². The summed E-state index contributed by atoms with van der Waals surface area (Å²) in [6.45, 7) is 2.66. The van der Waals surface area contributed by atoms with Crippen molar-refractivity contribution < 1.29 is 13.9 Å². The standard InChI is InChI=1S/C12H10FN.C3H6O2/c13-12-5-3-10(4-6-12)8-11-2-1-7-14-9-11;1-2-5-3-4/h1-7,9H,8H2;3H,2H2,1H3. The molecule has 3 nitrogen and oxygen atoms in total. The van der Waals surface area contributed by atoms with Gasteiger partial charge in [-0.15, -0.1) is 0 Å². The summed E-state index contributed by atoms with van der Waals surface area (Å²) in [6, 6.07) is 10.5. The van der Waals surface area contributed by atoms with Crippen LogP contribution >= 0.6 is 0 Å². The Balaban J connectivity index is 0.000000312. The summed E-state index contributed by atoms with van der Waals surface area (Å²) in [5.74, 6) is -0.195. The molecule has 4 heteroatoms. The van der Waals surface area contributed by atoms with Crippen LogP contribution in [0, 0.1) is 5.82 Å². The predicted octanol–water partition coefficient (Wildman–Crippen LogP) is 2.99. The van der Waals surface area contributed by atoms with Crippen LogP contribution in [0.15, 0.2) is 48.8 Å². The zero-order chi connectivity index (χ0) is 13.9. The van der Waals surface area contributed by atoms with E-state index < -0.39 is 0 Å². The van der Waals surface area contributed by atoms with Crippen molar-refractivity contribution in [1.29, 1.82) is 0 Å². The summed E-state index contributed by atoms with van der Waals surface area (Å²) in [5.41, 5.74) is 2.23. The number of hydrogen-bond acceptors (Lipinski definition) is 3. The summed E-state index contributed by atoms with van der Waals surface area (Å²) in [5, 5.41) is 0. The largest absolute Gasteiger partial charge is 0.468 e. The third-order valence-electron chi connectivity index (χ3n) is 2.28. The van der Waals surface area contributed by atoms with Crippen molar-refractivity contribution in [3.8, 4) is 0 Å². The van der Waals surface area contributed by atoms with Crippen molar-refractivity contribution in [2.24, 2.45) is 0 Å². The fraction of sp³-hybridized carbons (Fsp3) is 0.200. The van der Waals surface area contributed by atoms with E-state index in [-0.39, 0.29) is 5.82 Å². The highest BCUT2D eigenvalue weighted by atomic mass is 19.1. The monoisotopic (exact) mass is 261 g/mol. The SMILES string of the molecule is CCOC=O.Fc1ccc(Cc2cccnc2)cc1. The van der Waals surface area contributed by atoms with Gasteiger partial charge < -0.3 is 4.74 Å². The van der Waals surface area contributed by atoms with E-state index in [1.54, 1.807) is 25.3 Å². The van der Waals surface area contributed by atoms with Gasteiger partial charge in [-0.25, -0.2) is 4.39 Å². The second kappa shape index (κ2) is 8.80. The van der Waals surface area contributed by atoms with Crippen LogP contribution in [-0.2, 0) is 16.0 Å². The second-order valence-corrected chi connectivity index (χ2v) is 3.72. The van der Waals surface area contributed by atoms with Gasteiger partial charge >= 0.3 is 0 Å². The van der Waals surface area contributed by atoms with Crippen molar-refractivity contribution in [1.82, 2.24) is 4.98 Å². The summed E-state index contributed by atoms with van der Waals surface area (Å²) < 4.78 is 16.8. The molecule has 1 heterocycles. The highest BCUT2D eigenvalue weighted by Crippen LogP contribution is 2.08. The first-order valence-corrected chi connectivity index (χ1v) is 5.95. The number of aromatic nitrogens is 1. The fourth-order valence-electron chi connectivity index (χ4n) is 1.41. The van der Waals surface area contributed by atoms with Gasteiger partial charge in [-0.2, -0.15) is 0 Å². The van der Waals surface area contributed by atoms with Gasteiger partial charge in [0.1, 0.15) is 5.82 Å². The van der Waals surface area contributed by atoms with Crippen molar-refractivity contribution in [3.05, 3.63) is 65.7 Å². The van der Waals surface area contributed by atoms with Crippen LogP contribution in [0.2, 0.25) is 0 Å². The Hall–Kier alpha value is -2.23. The van der Waals surface area contributed by atoms with Crippen LogP contribution < -0.4 is 0 Å². The molecule has 0 radical (unpaired) electrons. The molecule has 0 atom stereocenters. The molecule has 2 rings (SSSR count). The summed E-state index contributed by atoms with van der Waals surface area (Å²) in [6.07, 6.45) is 4.37. The smallest absolute Gasteiger partial charge is 0.293 e. The number of carbonyl (C=O) groups excluding carboxylic acids is 1. The number of nitrogens with zero attached hydrogens (tertiary/aromatic N) is 1. The fourth-order valence-corrected chi connectivity index (χ4v) is 1.41. The first kappa shape index (κ1) is 14.8. The van der Waals surface area contributed by atoms with Crippen LogP contribution in [0.25, 0.3) is 0 Å². The van der Waals surface area contributed by atoms with E-state index in [1.165, 1.54) is 12.1 Å². The Bertz CT molecular complexity index is 471. The number of rotatable bonds is 4. The van der Waals surface area contributed by atoms with Crippen molar-refractivity contribution >= 4 is 6.47 Å². The Labute approximate surface area is 112 Å². The zero-order valence-corrected chi connectivity index (χ0v) is 10.8. The number of carbonyl (C=O) groups is 1. The molecular formula is C15H16FNO2. The molecule has 0 aliphatic carbocycles. The maximum Gasteiger partial charge on any atom is 0.293 e. The molecule has 0 saturated carbocycles. The lowest BCUT2D eigenvalue weighted by Crippen LogP contribution is -1.88. The highest BCUT2D eigenvalue weighted by Gasteiger charge is 1.95. The first-order chi connectivity index (χ1) is 9.26. The Morgan fingerprint density at radius 2 is 1.95 bits per heavy atom. The van der Waals surface area contributed by atoms with E-state index in [1.807, 2.05) is 18.3 Å². The molecule has 0 aliphatic rings. The Kier molecular flexibility index (Phi) is 6.87. The van der Waals surface area contributed by atoms with E-state index in [0.717, 1.165) is 17.5 Å². The number of hydrogen-bond donors (Lipinski definition) is 0. The molecule has 19 heavy (non-hydrogen) atoms. The maximum absolute atomic E-state index is 12.6. The third kappa shape index (κ3) is 6.31. The molecule has 0 unspecified atom stereocenters. The molecule has 0 spiro atoms. The van der Waals surface area contributed by atoms with Gasteiger partial charge in [0.15, 0.2) is 0 Å². The van der Waals surface area contributed by atoms with E-state index in [9.17, 15) is 9.18 Å². The van der Waals surface area contributed by atoms with Gasteiger partial charge in [0.2, 0.25) is 0 Å². The first-order valence-electron chi connectivity index (χ1n) is 5.95. The normalized spacial score (nSPS) is 9.16. The average Bonchev–Trinajstić information content (AvgIpc) is 2.44. The number of ether oxygens (including phenoxy) is 1. The lowest BCUT2D eigenvalue weighted by atomic mass is 10.1. The summed E-state index contributed by atoms with van der Waals surface area (Å²) in [7, 11) is 0. The van der Waals surface area contributed by atoms with E-state index >= 15 is 0 Å². The topological polar surface area (TPSA) is 39.2 Å². The molecule has 0 saturated heterocycles. The maximum atomic E-state index is 12.6. The molecule has 0 amide bonds. The Morgan fingerprint density at radius 3 is 2.42 bits per heavy atom. The van der Waals surface area contributed by atoms with Crippen LogP contribution in [0.5, 0.6) is 0 Å². The number of halogens is 1. The molecular weight excluding hydrogens is 245 g/mol. The van der Waals surface area contributed by atoms with Crippen molar-refractivity contribution in [2.45, 2.75) is 13.3 Å². The summed E-state index contributed by atoms with van der Waals surface area (Å²) >= 11 is 0. The molecule has 0 N–H and O–H groups in total. The van der Waals surface area contributed by atoms with Crippen LogP contribution in [0.4, 0.5) is 4.39 Å². The molecule has 0 aliphatic heterocycles. The minimum absolute atomic E-state index is 0.195. The van der Waals surface area contributed by atoms with Crippen molar-refractivity contribution in [2.75, 3.05) is 6.61 Å². The molecule has 2 aromatic rings. The van der Waals surface area contributed by atoms with Gasteiger partial charge in [0.05, 0.1) is 6.61 Å². The molecule has 1 aromatic heterocycles. The van der Waals surface area contributed by atoms with Gasteiger partial charge in [-0.3, -0.25) is 9.78 Å². The Morgan fingerprint density at radius 1 is 1.21 bits per heavy atom. The predicted molar refractivity (Wildman–Crippen MR) is 71.1 cm³/mol. The van der Waals surface area contributed by atoms with Crippen LogP contribution in [0.3, 0.4) is 0 Å². The third-order valence-corrected chi connectivity index (χ3v) is 2.28. The summed E-state index contributed by atoms with van der Waals surface area (Å²) in [4.78, 5) is 13.2. The van der Waals surface area contributed by atoms with Gasteiger partial charge in [0.25, 0.3) is 6.47 Å². The molecule has 0 fully saturated rings. The van der Waals surface area contributed by atoms with Crippen LogP contribution in [-0.4, -0.2) is 18.1 Å². The van der Waals surface area contributed by atoms with Gasteiger partial charge in [0, 0.05) is 12.4 Å². The van der Waals surface area contributed by atoms with Gasteiger partial charge in [-0.05, 0) is 42.7 Å². The van der Waals surface area contributed by atoms with Gasteiger partial charge in [-0.1, -0.05) is 18.2 Å². The van der Waals surface area contributed by atoms with E-state index in [0.29, 0.717) is 13.1 Å². The zero-order valence-electron chi connectivity index (χ0n) is 10.8.